The maximum absolute atomic E-state index is 12.6. The highest BCUT2D eigenvalue weighted by molar-refractivity contribution is 7.89. The zero-order chi connectivity index (χ0) is 22.3. The van der Waals surface area contributed by atoms with Gasteiger partial charge in [-0.1, -0.05) is 6.07 Å². The van der Waals surface area contributed by atoms with E-state index in [-0.39, 0.29) is 24.7 Å². The molecule has 9 heteroatoms. The van der Waals surface area contributed by atoms with Gasteiger partial charge in [0.05, 0.1) is 18.1 Å². The molecule has 1 aliphatic rings. The lowest BCUT2D eigenvalue weighted by Gasteiger charge is -2.26. The van der Waals surface area contributed by atoms with Crippen molar-refractivity contribution in [1.82, 2.24) is 4.31 Å². The Hall–Kier alpha value is -2.62. The number of rotatable bonds is 9. The second kappa shape index (κ2) is 10.6. The van der Waals surface area contributed by atoms with E-state index in [2.05, 4.69) is 0 Å². The lowest BCUT2D eigenvalue weighted by atomic mass is 10.1. The molecule has 2 aromatic rings. The number of hydrogen-bond acceptors (Lipinski definition) is 7. The first-order valence-electron chi connectivity index (χ1n) is 10.0. The summed E-state index contributed by atoms with van der Waals surface area (Å²) in [4.78, 5) is 12.0. The Bertz CT molecular complexity index is 983. The minimum atomic E-state index is -3.54. The van der Waals surface area contributed by atoms with E-state index >= 15 is 0 Å². The second-order valence-corrected chi connectivity index (χ2v) is 9.03. The number of ether oxygens (including phenoxy) is 4. The summed E-state index contributed by atoms with van der Waals surface area (Å²) in [7, 11) is -3.54. The summed E-state index contributed by atoms with van der Waals surface area (Å²) >= 11 is 0. The van der Waals surface area contributed by atoms with E-state index in [0.29, 0.717) is 37.8 Å². The van der Waals surface area contributed by atoms with Crippen molar-refractivity contribution in [3.63, 3.8) is 0 Å². The third-order valence-electron chi connectivity index (χ3n) is 4.88. The van der Waals surface area contributed by atoms with Crippen LogP contribution in [0.5, 0.6) is 11.5 Å². The molecule has 2 aromatic carbocycles. The molecule has 0 unspecified atom stereocenters. The van der Waals surface area contributed by atoms with Gasteiger partial charge < -0.3 is 18.9 Å². The van der Waals surface area contributed by atoms with Gasteiger partial charge >= 0.3 is 5.97 Å². The summed E-state index contributed by atoms with van der Waals surface area (Å²) in [6.45, 7) is 5.49. The molecule has 1 aliphatic heterocycles. The summed E-state index contributed by atoms with van der Waals surface area (Å²) in [6.07, 6.45) is 0. The molecule has 0 atom stereocenters. The maximum atomic E-state index is 12.6. The van der Waals surface area contributed by atoms with Gasteiger partial charge in [0, 0.05) is 13.1 Å². The van der Waals surface area contributed by atoms with Crippen molar-refractivity contribution in [1.29, 1.82) is 0 Å². The summed E-state index contributed by atoms with van der Waals surface area (Å²) < 4.78 is 47.8. The number of benzene rings is 2. The molecule has 8 nitrogen and oxygen atoms in total. The van der Waals surface area contributed by atoms with Crippen molar-refractivity contribution in [3.8, 4) is 11.5 Å². The van der Waals surface area contributed by atoms with Crippen molar-refractivity contribution >= 4 is 16.0 Å². The van der Waals surface area contributed by atoms with E-state index < -0.39 is 16.0 Å². The van der Waals surface area contributed by atoms with Crippen LogP contribution in [0.3, 0.4) is 0 Å². The lowest BCUT2D eigenvalue weighted by molar-refractivity contribution is -0.146. The van der Waals surface area contributed by atoms with Crippen LogP contribution in [0, 0.1) is 13.8 Å². The molecule has 1 heterocycles. The largest absolute Gasteiger partial charge is 0.490 e. The number of nitrogens with zero attached hydrogens (tertiary/aromatic N) is 1. The molecule has 0 amide bonds. The second-order valence-electron chi connectivity index (χ2n) is 7.09. The highest BCUT2D eigenvalue weighted by Crippen LogP contribution is 2.20. The Morgan fingerprint density at radius 1 is 0.935 bits per heavy atom. The van der Waals surface area contributed by atoms with Crippen LogP contribution < -0.4 is 9.47 Å². The average molecular weight is 450 g/mol. The van der Waals surface area contributed by atoms with E-state index in [0.717, 1.165) is 11.1 Å². The van der Waals surface area contributed by atoms with Crippen LogP contribution in [-0.4, -0.2) is 64.8 Å². The number of hydrogen-bond donors (Lipinski definition) is 0. The topological polar surface area (TPSA) is 91.4 Å². The van der Waals surface area contributed by atoms with E-state index in [1.807, 2.05) is 32.0 Å². The molecule has 168 valence electrons. The number of carbonyl (C=O) groups is 1. The monoisotopic (exact) mass is 449 g/mol. The van der Waals surface area contributed by atoms with Crippen LogP contribution in [0.2, 0.25) is 0 Å². The lowest BCUT2D eigenvalue weighted by Crippen LogP contribution is -2.40. The third-order valence-corrected chi connectivity index (χ3v) is 6.79. The standard InChI is InChI=1S/C22H27NO7S/c1-17-3-4-20(15-18(17)2)30-16-22(24)29-14-13-28-19-5-7-21(8-6-19)31(25,26)23-9-11-27-12-10-23/h3-8,15H,9-14,16H2,1-2H3. The molecule has 0 saturated carbocycles. The smallest absolute Gasteiger partial charge is 0.344 e. The van der Waals surface area contributed by atoms with Gasteiger partial charge in [-0.3, -0.25) is 0 Å². The van der Waals surface area contributed by atoms with Gasteiger partial charge in [0.25, 0.3) is 0 Å². The molecule has 0 bridgehead atoms. The summed E-state index contributed by atoms with van der Waals surface area (Å²) in [5, 5.41) is 0. The van der Waals surface area contributed by atoms with Crippen LogP contribution in [0.15, 0.2) is 47.4 Å². The van der Waals surface area contributed by atoms with Crippen LogP contribution >= 0.6 is 0 Å². The quantitative estimate of drug-likeness (QED) is 0.429. The van der Waals surface area contributed by atoms with Gasteiger partial charge in [0.1, 0.15) is 24.7 Å². The minimum Gasteiger partial charge on any atom is -0.490 e. The van der Waals surface area contributed by atoms with Gasteiger partial charge in [-0.05, 0) is 61.4 Å². The highest BCUT2D eigenvalue weighted by atomic mass is 32.2. The number of sulfonamides is 1. The summed E-state index contributed by atoms with van der Waals surface area (Å²) in [5.74, 6) is 0.612. The summed E-state index contributed by atoms with van der Waals surface area (Å²) in [6, 6.07) is 11.8. The third kappa shape index (κ3) is 6.43. The Balaban J connectivity index is 1.39. The molecule has 0 aromatic heterocycles. The van der Waals surface area contributed by atoms with E-state index in [1.165, 1.54) is 16.4 Å². The number of carbonyl (C=O) groups excluding carboxylic acids is 1. The van der Waals surface area contributed by atoms with Gasteiger partial charge in [0.15, 0.2) is 6.61 Å². The Morgan fingerprint density at radius 2 is 1.61 bits per heavy atom. The number of aryl methyl sites for hydroxylation is 2. The first-order valence-corrected chi connectivity index (χ1v) is 11.5. The predicted octanol–water partition coefficient (Wildman–Crippen LogP) is 2.33. The Kier molecular flexibility index (Phi) is 7.89. The normalized spacial score (nSPS) is 14.8. The van der Waals surface area contributed by atoms with Crippen molar-refractivity contribution in [2.75, 3.05) is 46.1 Å². The molecule has 0 N–H and O–H groups in total. The first-order chi connectivity index (χ1) is 14.9. The average Bonchev–Trinajstić information content (AvgIpc) is 2.78. The van der Waals surface area contributed by atoms with E-state index in [9.17, 15) is 13.2 Å². The van der Waals surface area contributed by atoms with Crippen molar-refractivity contribution in [2.45, 2.75) is 18.7 Å². The van der Waals surface area contributed by atoms with Crippen LogP contribution in [0.1, 0.15) is 11.1 Å². The molecule has 1 fully saturated rings. The molecule has 1 saturated heterocycles. The molecule has 0 radical (unpaired) electrons. The number of morpholine rings is 1. The Morgan fingerprint density at radius 3 is 2.29 bits per heavy atom. The fraction of sp³-hybridized carbons (Fsp3) is 0.409. The van der Waals surface area contributed by atoms with Gasteiger partial charge in [0.2, 0.25) is 10.0 Å². The molecule has 31 heavy (non-hydrogen) atoms. The fourth-order valence-corrected chi connectivity index (χ4v) is 4.35. The highest BCUT2D eigenvalue weighted by Gasteiger charge is 2.26. The van der Waals surface area contributed by atoms with Crippen molar-refractivity contribution in [2.24, 2.45) is 0 Å². The van der Waals surface area contributed by atoms with E-state index in [1.54, 1.807) is 12.1 Å². The molecular formula is C22H27NO7S. The van der Waals surface area contributed by atoms with Crippen LogP contribution in [0.4, 0.5) is 0 Å². The molecule has 0 spiro atoms. The van der Waals surface area contributed by atoms with Gasteiger partial charge in [-0.25, -0.2) is 13.2 Å². The van der Waals surface area contributed by atoms with Gasteiger partial charge in [-0.2, -0.15) is 4.31 Å². The van der Waals surface area contributed by atoms with E-state index in [4.69, 9.17) is 18.9 Å². The SMILES string of the molecule is Cc1ccc(OCC(=O)OCCOc2ccc(S(=O)(=O)N3CCOCC3)cc2)cc1C. The Labute approximate surface area is 182 Å². The van der Waals surface area contributed by atoms with Crippen LogP contribution in [0.25, 0.3) is 0 Å². The minimum absolute atomic E-state index is 0.0585. The number of esters is 1. The van der Waals surface area contributed by atoms with Crippen molar-refractivity contribution in [3.05, 3.63) is 53.6 Å². The zero-order valence-corrected chi connectivity index (χ0v) is 18.5. The molecule has 3 rings (SSSR count). The summed E-state index contributed by atoms with van der Waals surface area (Å²) in [5.41, 5.74) is 2.24. The molecular weight excluding hydrogens is 422 g/mol. The predicted molar refractivity (Wildman–Crippen MR) is 114 cm³/mol. The first kappa shape index (κ1) is 23.1. The molecule has 0 aliphatic carbocycles. The van der Waals surface area contributed by atoms with Crippen molar-refractivity contribution < 1.29 is 32.2 Å². The fourth-order valence-electron chi connectivity index (χ4n) is 2.95. The maximum Gasteiger partial charge on any atom is 0.344 e. The van der Waals surface area contributed by atoms with Gasteiger partial charge in [-0.15, -0.1) is 0 Å². The van der Waals surface area contributed by atoms with Crippen LogP contribution in [-0.2, 0) is 24.3 Å². The zero-order valence-electron chi connectivity index (χ0n) is 17.7.